The van der Waals surface area contributed by atoms with E-state index < -0.39 is 0 Å². The fourth-order valence-electron chi connectivity index (χ4n) is 1.49. The second-order valence-corrected chi connectivity index (χ2v) is 4.58. The summed E-state index contributed by atoms with van der Waals surface area (Å²) in [5.74, 6) is 0.429. The average molecular weight is 300 g/mol. The molecule has 0 atom stereocenters. The molecule has 0 unspecified atom stereocenters. The third-order valence-corrected chi connectivity index (χ3v) is 3.25. The maximum Gasteiger partial charge on any atom is 0.251 e. The van der Waals surface area contributed by atoms with Crippen LogP contribution in [0.2, 0.25) is 10.0 Å². The summed E-state index contributed by atoms with van der Waals surface area (Å²) >= 11 is 11.7. The number of nitrogen functional groups attached to an aromatic ring is 1. The van der Waals surface area contributed by atoms with E-state index in [1.165, 1.54) is 18.5 Å². The molecule has 100 valence electrons. The SMILES string of the molecule is Nc1cc(C(=O)NCCc2ncn[nH]2)cc(Cl)c1Cl. The lowest BCUT2D eigenvalue weighted by Crippen LogP contribution is -2.26. The number of nitrogens with zero attached hydrogens (tertiary/aromatic N) is 2. The van der Waals surface area contributed by atoms with Crippen LogP contribution in [-0.2, 0) is 6.42 Å². The highest BCUT2D eigenvalue weighted by Crippen LogP contribution is 2.29. The van der Waals surface area contributed by atoms with Crippen LogP contribution < -0.4 is 11.1 Å². The third kappa shape index (κ3) is 3.36. The van der Waals surface area contributed by atoms with Gasteiger partial charge >= 0.3 is 0 Å². The Labute approximate surface area is 119 Å². The second-order valence-electron chi connectivity index (χ2n) is 3.80. The van der Waals surface area contributed by atoms with Crippen molar-refractivity contribution in [2.45, 2.75) is 6.42 Å². The molecule has 8 heteroatoms. The molecule has 0 bridgehead atoms. The molecule has 0 aliphatic rings. The highest BCUT2D eigenvalue weighted by Gasteiger charge is 2.11. The van der Waals surface area contributed by atoms with Gasteiger partial charge in [0.1, 0.15) is 12.2 Å². The first-order valence-corrected chi connectivity index (χ1v) is 6.20. The van der Waals surface area contributed by atoms with Gasteiger partial charge in [0.25, 0.3) is 5.91 Å². The first-order valence-electron chi connectivity index (χ1n) is 5.45. The summed E-state index contributed by atoms with van der Waals surface area (Å²) < 4.78 is 0. The monoisotopic (exact) mass is 299 g/mol. The van der Waals surface area contributed by atoms with Crippen LogP contribution in [0.4, 0.5) is 5.69 Å². The lowest BCUT2D eigenvalue weighted by Gasteiger charge is -2.07. The zero-order chi connectivity index (χ0) is 13.8. The summed E-state index contributed by atoms with van der Waals surface area (Å²) in [5.41, 5.74) is 6.28. The summed E-state index contributed by atoms with van der Waals surface area (Å²) in [6.45, 7) is 0.425. The van der Waals surface area contributed by atoms with E-state index in [1.807, 2.05) is 0 Å². The van der Waals surface area contributed by atoms with Crippen LogP contribution in [0.5, 0.6) is 0 Å². The fraction of sp³-hybridized carbons (Fsp3) is 0.182. The van der Waals surface area contributed by atoms with Crippen molar-refractivity contribution in [2.75, 3.05) is 12.3 Å². The van der Waals surface area contributed by atoms with E-state index in [0.29, 0.717) is 24.4 Å². The van der Waals surface area contributed by atoms with Crippen molar-refractivity contribution >= 4 is 34.8 Å². The number of halogens is 2. The number of rotatable bonds is 4. The molecule has 2 aromatic rings. The smallest absolute Gasteiger partial charge is 0.251 e. The van der Waals surface area contributed by atoms with Crippen LogP contribution in [0.1, 0.15) is 16.2 Å². The quantitative estimate of drug-likeness (QED) is 0.748. The number of aromatic amines is 1. The topological polar surface area (TPSA) is 96.7 Å². The first kappa shape index (κ1) is 13.6. The van der Waals surface area contributed by atoms with Gasteiger partial charge in [-0.1, -0.05) is 23.2 Å². The van der Waals surface area contributed by atoms with Crippen LogP contribution in [0, 0.1) is 0 Å². The second kappa shape index (κ2) is 5.90. The predicted octanol–water partition coefficient (Wildman–Crippen LogP) is 1.67. The Morgan fingerprint density at radius 2 is 2.21 bits per heavy atom. The van der Waals surface area contributed by atoms with E-state index >= 15 is 0 Å². The zero-order valence-corrected chi connectivity index (χ0v) is 11.3. The van der Waals surface area contributed by atoms with Gasteiger partial charge in [0.2, 0.25) is 0 Å². The molecule has 2 rings (SSSR count). The van der Waals surface area contributed by atoms with Crippen LogP contribution in [-0.4, -0.2) is 27.6 Å². The zero-order valence-electron chi connectivity index (χ0n) is 9.78. The highest BCUT2D eigenvalue weighted by molar-refractivity contribution is 6.43. The summed E-state index contributed by atoms with van der Waals surface area (Å²) in [5, 5.41) is 9.65. The molecule has 0 aliphatic heterocycles. The number of nitrogens with two attached hydrogens (primary N) is 1. The van der Waals surface area contributed by atoms with Crippen molar-refractivity contribution in [3.63, 3.8) is 0 Å². The van der Waals surface area contributed by atoms with Gasteiger partial charge < -0.3 is 11.1 Å². The predicted molar refractivity (Wildman–Crippen MR) is 73.3 cm³/mol. The molecule has 0 fully saturated rings. The molecular formula is C11H11Cl2N5O. The molecule has 1 heterocycles. The maximum atomic E-state index is 11.9. The molecular weight excluding hydrogens is 289 g/mol. The van der Waals surface area contributed by atoms with Gasteiger partial charge in [-0.25, -0.2) is 4.98 Å². The van der Waals surface area contributed by atoms with Gasteiger partial charge in [0.05, 0.1) is 15.7 Å². The van der Waals surface area contributed by atoms with Crippen molar-refractivity contribution in [1.82, 2.24) is 20.5 Å². The van der Waals surface area contributed by atoms with E-state index in [0.717, 1.165) is 0 Å². The Balaban J connectivity index is 1.96. The Bertz CT molecular complexity index is 562. The highest BCUT2D eigenvalue weighted by atomic mass is 35.5. The number of amides is 1. The molecule has 0 radical (unpaired) electrons. The standard InChI is InChI=1S/C11H11Cl2N5O/c12-7-3-6(4-8(14)10(7)13)11(19)15-2-1-9-16-5-17-18-9/h3-5H,1-2,14H2,(H,15,19)(H,16,17,18). The van der Waals surface area contributed by atoms with Gasteiger partial charge in [-0.15, -0.1) is 0 Å². The molecule has 6 nitrogen and oxygen atoms in total. The van der Waals surface area contributed by atoms with Crippen molar-refractivity contribution < 1.29 is 4.79 Å². The van der Waals surface area contributed by atoms with Crippen LogP contribution in [0.25, 0.3) is 0 Å². The summed E-state index contributed by atoms with van der Waals surface area (Å²) in [7, 11) is 0. The van der Waals surface area contributed by atoms with Gasteiger partial charge in [-0.3, -0.25) is 9.89 Å². The van der Waals surface area contributed by atoms with Gasteiger partial charge in [-0.05, 0) is 12.1 Å². The Morgan fingerprint density at radius 3 is 2.84 bits per heavy atom. The molecule has 1 aromatic carbocycles. The number of anilines is 1. The largest absolute Gasteiger partial charge is 0.397 e. The van der Waals surface area contributed by atoms with Crippen molar-refractivity contribution in [2.24, 2.45) is 0 Å². The number of nitrogens with one attached hydrogen (secondary N) is 2. The molecule has 0 saturated heterocycles. The number of benzene rings is 1. The molecule has 0 spiro atoms. The molecule has 1 amide bonds. The molecule has 0 saturated carbocycles. The number of carbonyl (C=O) groups excluding carboxylic acids is 1. The average Bonchev–Trinajstić information content (AvgIpc) is 2.88. The Hall–Kier alpha value is -1.79. The lowest BCUT2D eigenvalue weighted by atomic mass is 10.2. The van der Waals surface area contributed by atoms with E-state index in [9.17, 15) is 4.79 Å². The maximum absolute atomic E-state index is 11.9. The summed E-state index contributed by atoms with van der Waals surface area (Å²) in [4.78, 5) is 15.8. The fourth-order valence-corrected chi connectivity index (χ4v) is 1.82. The number of aromatic nitrogens is 3. The minimum absolute atomic E-state index is 0.250. The summed E-state index contributed by atoms with van der Waals surface area (Å²) in [6, 6.07) is 2.96. The number of hydrogen-bond acceptors (Lipinski definition) is 4. The van der Waals surface area contributed by atoms with Crippen molar-refractivity contribution in [3.8, 4) is 0 Å². The number of H-pyrrole nitrogens is 1. The van der Waals surface area contributed by atoms with Crippen LogP contribution >= 0.6 is 23.2 Å². The van der Waals surface area contributed by atoms with Gasteiger partial charge in [0, 0.05) is 18.5 Å². The van der Waals surface area contributed by atoms with Crippen molar-refractivity contribution in [1.29, 1.82) is 0 Å². The third-order valence-electron chi connectivity index (χ3n) is 2.43. The summed E-state index contributed by atoms with van der Waals surface area (Å²) in [6.07, 6.45) is 1.97. The number of carbonyl (C=O) groups is 1. The minimum atomic E-state index is -0.273. The first-order chi connectivity index (χ1) is 9.08. The van der Waals surface area contributed by atoms with E-state index in [-0.39, 0.29) is 21.6 Å². The molecule has 19 heavy (non-hydrogen) atoms. The normalized spacial score (nSPS) is 10.4. The van der Waals surface area contributed by atoms with Crippen LogP contribution in [0.15, 0.2) is 18.5 Å². The lowest BCUT2D eigenvalue weighted by molar-refractivity contribution is 0.0954. The van der Waals surface area contributed by atoms with Crippen molar-refractivity contribution in [3.05, 3.63) is 39.9 Å². The molecule has 4 N–H and O–H groups in total. The van der Waals surface area contributed by atoms with Gasteiger partial charge in [-0.2, -0.15) is 5.10 Å². The Kier molecular flexibility index (Phi) is 4.24. The van der Waals surface area contributed by atoms with Crippen LogP contribution in [0.3, 0.4) is 0 Å². The molecule has 1 aromatic heterocycles. The van der Waals surface area contributed by atoms with Gasteiger partial charge in [0.15, 0.2) is 0 Å². The van der Waals surface area contributed by atoms with E-state index in [1.54, 1.807) is 0 Å². The molecule has 0 aliphatic carbocycles. The van der Waals surface area contributed by atoms with E-state index in [2.05, 4.69) is 20.5 Å². The van der Waals surface area contributed by atoms with E-state index in [4.69, 9.17) is 28.9 Å². The number of hydrogen-bond donors (Lipinski definition) is 3. The Morgan fingerprint density at radius 1 is 1.42 bits per heavy atom. The minimum Gasteiger partial charge on any atom is -0.397 e.